The number of hydrogen-bond donors (Lipinski definition) is 1. The first-order chi connectivity index (χ1) is 9.44. The van der Waals surface area contributed by atoms with E-state index in [1.165, 1.54) is 19.3 Å². The fraction of sp³-hybridized carbons (Fsp3) is 0.938. The standard InChI is InChI=1S/C16H33N3O/c1-6-19(14(2)13-18(4)5)15(20)12-16(17-3)10-8-7-9-11-16/h14,17H,6-13H2,1-5H3. The van der Waals surface area contributed by atoms with Crippen molar-refractivity contribution in [2.24, 2.45) is 0 Å². The monoisotopic (exact) mass is 283 g/mol. The predicted molar refractivity (Wildman–Crippen MR) is 84.9 cm³/mol. The van der Waals surface area contributed by atoms with Crippen LogP contribution in [0.5, 0.6) is 0 Å². The first-order valence-electron chi connectivity index (χ1n) is 8.07. The molecule has 4 nitrogen and oxygen atoms in total. The molecule has 0 radical (unpaired) electrons. The Kier molecular flexibility index (Phi) is 6.96. The molecule has 1 rings (SSSR count). The van der Waals surface area contributed by atoms with Crippen molar-refractivity contribution < 1.29 is 4.79 Å². The maximum atomic E-state index is 12.7. The van der Waals surface area contributed by atoms with Gasteiger partial charge in [-0.15, -0.1) is 0 Å². The molecule has 0 aromatic heterocycles. The minimum atomic E-state index is 0.0423. The Balaban J connectivity index is 2.65. The van der Waals surface area contributed by atoms with Crippen molar-refractivity contribution in [1.82, 2.24) is 15.1 Å². The van der Waals surface area contributed by atoms with E-state index in [1.807, 2.05) is 11.9 Å². The highest BCUT2D eigenvalue weighted by Gasteiger charge is 2.34. The number of nitrogens with zero attached hydrogens (tertiary/aromatic N) is 2. The summed E-state index contributed by atoms with van der Waals surface area (Å²) in [6.07, 6.45) is 6.71. The van der Waals surface area contributed by atoms with E-state index in [2.05, 4.69) is 38.2 Å². The van der Waals surface area contributed by atoms with Crippen molar-refractivity contribution >= 4 is 5.91 Å². The van der Waals surface area contributed by atoms with E-state index < -0.39 is 0 Å². The fourth-order valence-corrected chi connectivity index (χ4v) is 3.50. The minimum absolute atomic E-state index is 0.0423. The van der Waals surface area contributed by atoms with E-state index in [-0.39, 0.29) is 11.6 Å². The highest BCUT2D eigenvalue weighted by molar-refractivity contribution is 5.77. The van der Waals surface area contributed by atoms with E-state index in [9.17, 15) is 4.79 Å². The average Bonchev–Trinajstić information content (AvgIpc) is 2.39. The Morgan fingerprint density at radius 2 is 1.85 bits per heavy atom. The van der Waals surface area contributed by atoms with E-state index >= 15 is 0 Å². The molecule has 20 heavy (non-hydrogen) atoms. The lowest BCUT2D eigenvalue weighted by Gasteiger charge is -2.39. The molecule has 0 heterocycles. The van der Waals surface area contributed by atoms with Gasteiger partial charge < -0.3 is 15.1 Å². The van der Waals surface area contributed by atoms with Gasteiger partial charge in [0.05, 0.1) is 0 Å². The van der Waals surface area contributed by atoms with E-state index in [0.717, 1.165) is 25.9 Å². The number of likely N-dealkylation sites (N-methyl/N-ethyl adjacent to an activating group) is 2. The Labute approximate surface area is 124 Å². The highest BCUT2D eigenvalue weighted by atomic mass is 16.2. The lowest BCUT2D eigenvalue weighted by atomic mass is 9.79. The molecule has 1 saturated carbocycles. The number of nitrogens with one attached hydrogen (secondary N) is 1. The SMILES string of the molecule is CCN(C(=O)CC1(NC)CCCCC1)C(C)CN(C)C. The third-order valence-corrected chi connectivity index (χ3v) is 4.65. The van der Waals surface area contributed by atoms with Crippen LogP contribution in [0, 0.1) is 0 Å². The zero-order valence-electron chi connectivity index (χ0n) is 14.0. The van der Waals surface area contributed by atoms with Crippen LogP contribution in [0.4, 0.5) is 0 Å². The normalized spacial score (nSPS) is 19.9. The number of carbonyl (C=O) groups excluding carboxylic acids is 1. The van der Waals surface area contributed by atoms with Gasteiger partial charge in [-0.2, -0.15) is 0 Å². The summed E-state index contributed by atoms with van der Waals surface area (Å²) in [7, 11) is 6.13. The van der Waals surface area contributed by atoms with E-state index in [0.29, 0.717) is 12.3 Å². The maximum Gasteiger partial charge on any atom is 0.224 e. The molecule has 1 N–H and O–H groups in total. The third-order valence-electron chi connectivity index (χ3n) is 4.65. The smallest absolute Gasteiger partial charge is 0.224 e. The third kappa shape index (κ3) is 4.74. The molecular formula is C16H33N3O. The second kappa shape index (κ2) is 7.99. The summed E-state index contributed by atoms with van der Waals surface area (Å²) in [5.74, 6) is 0.304. The average molecular weight is 283 g/mol. The molecule has 0 spiro atoms. The van der Waals surface area contributed by atoms with Crippen molar-refractivity contribution in [1.29, 1.82) is 0 Å². The molecule has 1 amide bonds. The van der Waals surface area contributed by atoms with Gasteiger partial charge in [0, 0.05) is 31.1 Å². The van der Waals surface area contributed by atoms with Gasteiger partial charge >= 0.3 is 0 Å². The first-order valence-corrected chi connectivity index (χ1v) is 8.07. The molecule has 1 aliphatic carbocycles. The van der Waals surface area contributed by atoms with Gasteiger partial charge in [-0.3, -0.25) is 4.79 Å². The van der Waals surface area contributed by atoms with Gasteiger partial charge in [0.15, 0.2) is 0 Å². The Bertz CT molecular complexity index is 298. The summed E-state index contributed by atoms with van der Waals surface area (Å²) in [6.45, 7) is 5.95. The summed E-state index contributed by atoms with van der Waals surface area (Å²) in [5.41, 5.74) is 0.0423. The van der Waals surface area contributed by atoms with Crippen molar-refractivity contribution in [3.05, 3.63) is 0 Å². The summed E-state index contributed by atoms with van der Waals surface area (Å²) < 4.78 is 0. The van der Waals surface area contributed by atoms with Gasteiger partial charge in [0.2, 0.25) is 5.91 Å². The van der Waals surface area contributed by atoms with Crippen LogP contribution in [0.25, 0.3) is 0 Å². The van der Waals surface area contributed by atoms with Crippen LogP contribution in [-0.4, -0.2) is 61.5 Å². The molecule has 1 fully saturated rings. The summed E-state index contributed by atoms with van der Waals surface area (Å²) in [4.78, 5) is 16.9. The van der Waals surface area contributed by atoms with Crippen LogP contribution in [0.3, 0.4) is 0 Å². The molecule has 0 saturated heterocycles. The molecule has 1 aliphatic rings. The topological polar surface area (TPSA) is 35.6 Å². The van der Waals surface area contributed by atoms with Crippen LogP contribution in [-0.2, 0) is 4.79 Å². The predicted octanol–water partition coefficient (Wildman–Crippen LogP) is 2.10. The molecule has 0 bridgehead atoms. The van der Waals surface area contributed by atoms with Crippen molar-refractivity contribution in [3.8, 4) is 0 Å². The number of hydrogen-bond acceptors (Lipinski definition) is 3. The molecule has 0 aromatic carbocycles. The molecule has 4 heteroatoms. The summed E-state index contributed by atoms with van der Waals surface area (Å²) in [5, 5.41) is 3.45. The minimum Gasteiger partial charge on any atom is -0.339 e. The van der Waals surface area contributed by atoms with Crippen LogP contribution >= 0.6 is 0 Å². The van der Waals surface area contributed by atoms with Gasteiger partial charge in [-0.05, 0) is 47.8 Å². The molecular weight excluding hydrogens is 250 g/mol. The Hall–Kier alpha value is -0.610. The number of rotatable bonds is 7. The van der Waals surface area contributed by atoms with Crippen molar-refractivity contribution in [2.75, 3.05) is 34.2 Å². The molecule has 1 atom stereocenters. The fourth-order valence-electron chi connectivity index (χ4n) is 3.50. The van der Waals surface area contributed by atoms with Crippen molar-refractivity contribution in [2.45, 2.75) is 64.0 Å². The van der Waals surface area contributed by atoms with Crippen LogP contribution in [0.15, 0.2) is 0 Å². The van der Waals surface area contributed by atoms with E-state index in [1.54, 1.807) is 0 Å². The largest absolute Gasteiger partial charge is 0.339 e. The van der Waals surface area contributed by atoms with Crippen LogP contribution < -0.4 is 5.32 Å². The Morgan fingerprint density at radius 3 is 2.30 bits per heavy atom. The second-order valence-electron chi connectivity index (χ2n) is 6.56. The quantitative estimate of drug-likeness (QED) is 0.777. The zero-order valence-corrected chi connectivity index (χ0v) is 14.0. The lowest BCUT2D eigenvalue weighted by Crippen LogP contribution is -2.51. The Morgan fingerprint density at radius 1 is 1.25 bits per heavy atom. The highest BCUT2D eigenvalue weighted by Crippen LogP contribution is 2.31. The van der Waals surface area contributed by atoms with Gasteiger partial charge in [0.1, 0.15) is 0 Å². The number of amides is 1. The van der Waals surface area contributed by atoms with Gasteiger partial charge in [0.25, 0.3) is 0 Å². The maximum absolute atomic E-state index is 12.7. The lowest BCUT2D eigenvalue weighted by molar-refractivity contribution is -0.135. The molecule has 0 aromatic rings. The molecule has 1 unspecified atom stereocenters. The number of carbonyl (C=O) groups is 1. The summed E-state index contributed by atoms with van der Waals surface area (Å²) >= 11 is 0. The molecule has 0 aliphatic heterocycles. The van der Waals surface area contributed by atoms with E-state index in [4.69, 9.17) is 0 Å². The summed E-state index contributed by atoms with van der Waals surface area (Å²) in [6, 6.07) is 0.278. The van der Waals surface area contributed by atoms with Crippen molar-refractivity contribution in [3.63, 3.8) is 0 Å². The molecule has 118 valence electrons. The zero-order chi connectivity index (χ0) is 15.2. The van der Waals surface area contributed by atoms with Crippen LogP contribution in [0.1, 0.15) is 52.4 Å². The van der Waals surface area contributed by atoms with Gasteiger partial charge in [-0.1, -0.05) is 19.3 Å². The first kappa shape index (κ1) is 17.4. The van der Waals surface area contributed by atoms with Gasteiger partial charge in [-0.25, -0.2) is 0 Å². The second-order valence-corrected chi connectivity index (χ2v) is 6.56. The van der Waals surface area contributed by atoms with Crippen LogP contribution in [0.2, 0.25) is 0 Å².